The van der Waals surface area contributed by atoms with Gasteiger partial charge in [-0.3, -0.25) is 10.1 Å². The fourth-order valence-electron chi connectivity index (χ4n) is 2.95. The molecule has 0 radical (unpaired) electrons. The normalized spacial score (nSPS) is 15.6. The predicted octanol–water partition coefficient (Wildman–Crippen LogP) is 3.21. The molecular weight excluding hydrogens is 384 g/mol. The maximum Gasteiger partial charge on any atom is 0.409 e. The molecule has 0 bridgehead atoms. The first-order chi connectivity index (χ1) is 14.2. The Balaban J connectivity index is 2.13. The lowest BCUT2D eigenvalue weighted by molar-refractivity contribution is -0.118. The molecule has 3 rings (SSSR count). The molecule has 2 aromatic rings. The van der Waals surface area contributed by atoms with Gasteiger partial charge in [0.1, 0.15) is 11.4 Å². The van der Waals surface area contributed by atoms with Crippen LogP contribution >= 0.6 is 0 Å². The van der Waals surface area contributed by atoms with Gasteiger partial charge in [0.05, 0.1) is 30.1 Å². The van der Waals surface area contributed by atoms with Crippen molar-refractivity contribution in [2.75, 3.05) is 12.4 Å². The highest BCUT2D eigenvalue weighted by Gasteiger charge is 2.30. The van der Waals surface area contributed by atoms with E-state index in [0.717, 1.165) is 0 Å². The molecular formula is C22H22N4O4. The molecule has 8 nitrogen and oxygen atoms in total. The zero-order chi connectivity index (χ0) is 21.9. The number of nitrogens with zero attached hydrogens (tertiary/aromatic N) is 2. The lowest BCUT2D eigenvalue weighted by atomic mass is 9.98. The third-order valence-electron chi connectivity index (χ3n) is 4.16. The SMILES string of the molecule is COc1cc(C#N)cc2c1NC(=O)C(NC(=O)OC(C)(C)C)N=C2c1ccccc1. The number of amides is 2. The van der Waals surface area contributed by atoms with Gasteiger partial charge in [-0.2, -0.15) is 5.26 Å². The zero-order valence-electron chi connectivity index (χ0n) is 17.1. The second-order valence-corrected chi connectivity index (χ2v) is 7.59. The number of nitriles is 1. The molecule has 1 heterocycles. The van der Waals surface area contributed by atoms with Crippen LogP contribution in [0.1, 0.15) is 37.5 Å². The van der Waals surface area contributed by atoms with Crippen molar-refractivity contribution < 1.29 is 19.1 Å². The number of nitrogens with one attached hydrogen (secondary N) is 2. The fraction of sp³-hybridized carbons (Fsp3) is 0.273. The van der Waals surface area contributed by atoms with Gasteiger partial charge in [0, 0.05) is 17.2 Å². The minimum Gasteiger partial charge on any atom is -0.495 e. The van der Waals surface area contributed by atoms with Crippen molar-refractivity contribution in [3.63, 3.8) is 0 Å². The smallest absolute Gasteiger partial charge is 0.409 e. The molecule has 2 aromatic carbocycles. The number of aliphatic imine (C=N–C) groups is 1. The van der Waals surface area contributed by atoms with Crippen LogP contribution in [-0.2, 0) is 9.53 Å². The number of carbonyl (C=O) groups excluding carboxylic acids is 2. The molecule has 30 heavy (non-hydrogen) atoms. The minimum atomic E-state index is -1.24. The Hall–Kier alpha value is -3.86. The first-order valence-electron chi connectivity index (χ1n) is 9.28. The van der Waals surface area contributed by atoms with E-state index in [2.05, 4.69) is 21.7 Å². The number of benzodiazepines with no additional fused rings is 1. The Morgan fingerprint density at radius 3 is 2.53 bits per heavy atom. The Bertz CT molecular complexity index is 1050. The van der Waals surface area contributed by atoms with Gasteiger partial charge in [0.25, 0.3) is 5.91 Å². The van der Waals surface area contributed by atoms with Crippen LogP contribution in [0.15, 0.2) is 47.5 Å². The van der Waals surface area contributed by atoms with E-state index >= 15 is 0 Å². The average molecular weight is 406 g/mol. The van der Waals surface area contributed by atoms with Crippen molar-refractivity contribution in [2.45, 2.75) is 32.5 Å². The molecule has 8 heteroatoms. The van der Waals surface area contributed by atoms with Crippen LogP contribution in [-0.4, -0.2) is 36.6 Å². The fourth-order valence-corrected chi connectivity index (χ4v) is 2.95. The van der Waals surface area contributed by atoms with Gasteiger partial charge in [-0.25, -0.2) is 9.79 Å². The number of alkyl carbamates (subject to hydrolysis) is 1. The number of rotatable bonds is 3. The van der Waals surface area contributed by atoms with Gasteiger partial charge in [0.2, 0.25) is 6.17 Å². The molecule has 0 fully saturated rings. The molecule has 1 aliphatic heterocycles. The van der Waals surface area contributed by atoms with Crippen LogP contribution in [0, 0.1) is 11.3 Å². The molecule has 2 amide bonds. The predicted molar refractivity (Wildman–Crippen MR) is 112 cm³/mol. The van der Waals surface area contributed by atoms with Gasteiger partial charge >= 0.3 is 6.09 Å². The molecule has 1 unspecified atom stereocenters. The highest BCUT2D eigenvalue weighted by Crippen LogP contribution is 2.34. The Labute approximate surface area is 174 Å². The number of hydrogen-bond donors (Lipinski definition) is 2. The molecule has 0 saturated heterocycles. The number of methoxy groups -OCH3 is 1. The Morgan fingerprint density at radius 2 is 1.93 bits per heavy atom. The van der Waals surface area contributed by atoms with E-state index in [1.807, 2.05) is 30.3 Å². The van der Waals surface area contributed by atoms with Crippen molar-refractivity contribution in [3.8, 4) is 11.8 Å². The van der Waals surface area contributed by atoms with Crippen LogP contribution in [0.2, 0.25) is 0 Å². The maximum absolute atomic E-state index is 12.9. The summed E-state index contributed by atoms with van der Waals surface area (Å²) in [7, 11) is 1.45. The number of anilines is 1. The molecule has 0 aromatic heterocycles. The van der Waals surface area contributed by atoms with Crippen LogP contribution in [0.3, 0.4) is 0 Å². The number of ether oxygens (including phenoxy) is 2. The summed E-state index contributed by atoms with van der Waals surface area (Å²) in [6.45, 7) is 5.17. The van der Waals surface area contributed by atoms with Crippen molar-refractivity contribution in [1.29, 1.82) is 5.26 Å². The molecule has 0 spiro atoms. The van der Waals surface area contributed by atoms with Gasteiger partial charge < -0.3 is 14.8 Å². The first kappa shape index (κ1) is 20.9. The van der Waals surface area contributed by atoms with E-state index in [4.69, 9.17) is 9.47 Å². The van der Waals surface area contributed by atoms with E-state index in [0.29, 0.717) is 33.8 Å². The van der Waals surface area contributed by atoms with Crippen molar-refractivity contribution in [3.05, 3.63) is 59.2 Å². The summed E-state index contributed by atoms with van der Waals surface area (Å²) in [6, 6.07) is 14.4. The summed E-state index contributed by atoms with van der Waals surface area (Å²) in [4.78, 5) is 29.7. The summed E-state index contributed by atoms with van der Waals surface area (Å²) >= 11 is 0. The lowest BCUT2D eigenvalue weighted by Crippen LogP contribution is -2.44. The Morgan fingerprint density at radius 1 is 1.23 bits per heavy atom. The standard InChI is InChI=1S/C22H22N4O4/c1-22(2,3)30-21(28)26-19-20(27)25-18-15(10-13(12-23)11-16(18)29-4)17(24-19)14-8-6-5-7-9-14/h5-11,19H,1-4H3,(H,25,27)(H,26,28). The number of carbonyl (C=O) groups is 2. The first-order valence-corrected chi connectivity index (χ1v) is 9.28. The number of fused-ring (bicyclic) bond motifs is 1. The molecule has 1 aliphatic rings. The highest BCUT2D eigenvalue weighted by molar-refractivity contribution is 6.20. The van der Waals surface area contributed by atoms with Crippen LogP contribution in [0.4, 0.5) is 10.5 Å². The van der Waals surface area contributed by atoms with Crippen molar-refractivity contribution in [2.24, 2.45) is 4.99 Å². The maximum atomic E-state index is 12.9. The summed E-state index contributed by atoms with van der Waals surface area (Å²) in [6.07, 6.45) is -2.01. The van der Waals surface area contributed by atoms with Crippen molar-refractivity contribution in [1.82, 2.24) is 5.32 Å². The van der Waals surface area contributed by atoms with Gasteiger partial charge in [-0.05, 0) is 26.8 Å². The highest BCUT2D eigenvalue weighted by atomic mass is 16.6. The van der Waals surface area contributed by atoms with E-state index in [1.165, 1.54) is 13.2 Å². The quantitative estimate of drug-likeness (QED) is 0.813. The van der Waals surface area contributed by atoms with E-state index in [1.54, 1.807) is 26.8 Å². The van der Waals surface area contributed by atoms with E-state index in [-0.39, 0.29) is 0 Å². The van der Waals surface area contributed by atoms with Crippen LogP contribution in [0.5, 0.6) is 5.75 Å². The lowest BCUT2D eigenvalue weighted by Gasteiger charge is -2.21. The largest absolute Gasteiger partial charge is 0.495 e. The molecule has 2 N–H and O–H groups in total. The van der Waals surface area contributed by atoms with Crippen LogP contribution < -0.4 is 15.4 Å². The second kappa shape index (κ2) is 8.25. The van der Waals surface area contributed by atoms with Gasteiger partial charge in [0.15, 0.2) is 0 Å². The summed E-state index contributed by atoms with van der Waals surface area (Å²) in [5.41, 5.74) is 1.65. The van der Waals surface area contributed by atoms with Gasteiger partial charge in [-0.15, -0.1) is 0 Å². The van der Waals surface area contributed by atoms with Gasteiger partial charge in [-0.1, -0.05) is 30.3 Å². The van der Waals surface area contributed by atoms with Crippen molar-refractivity contribution >= 4 is 23.4 Å². The monoisotopic (exact) mass is 406 g/mol. The topological polar surface area (TPSA) is 113 Å². The molecule has 154 valence electrons. The van der Waals surface area contributed by atoms with E-state index in [9.17, 15) is 14.9 Å². The zero-order valence-corrected chi connectivity index (χ0v) is 17.1. The average Bonchev–Trinajstić information content (AvgIpc) is 2.83. The Kier molecular flexibility index (Phi) is 5.74. The number of benzene rings is 2. The summed E-state index contributed by atoms with van der Waals surface area (Å²) in [5.74, 6) is -0.241. The number of hydrogen-bond acceptors (Lipinski definition) is 6. The minimum absolute atomic E-state index is 0.318. The summed E-state index contributed by atoms with van der Waals surface area (Å²) < 4.78 is 10.7. The van der Waals surface area contributed by atoms with E-state index < -0.39 is 23.8 Å². The molecule has 1 atom stereocenters. The third-order valence-corrected chi connectivity index (χ3v) is 4.16. The second-order valence-electron chi connectivity index (χ2n) is 7.59. The third kappa shape index (κ3) is 4.58. The van der Waals surface area contributed by atoms with Crippen LogP contribution in [0.25, 0.3) is 0 Å². The summed E-state index contributed by atoms with van der Waals surface area (Å²) in [5, 5.41) is 14.7. The molecule has 0 aliphatic carbocycles. The molecule has 0 saturated carbocycles.